The molecule has 3 N–H and O–H groups in total. The van der Waals surface area contributed by atoms with Gasteiger partial charge in [0.15, 0.2) is 11.8 Å². The van der Waals surface area contributed by atoms with Crippen molar-refractivity contribution in [1.82, 2.24) is 14.6 Å². The molecular formula is C39H49N5O5. The van der Waals surface area contributed by atoms with Crippen LogP contribution in [0, 0.1) is 12.3 Å². The summed E-state index contributed by atoms with van der Waals surface area (Å²) in [5.74, 6) is -0.151. The van der Waals surface area contributed by atoms with Crippen LogP contribution in [0.5, 0.6) is 5.75 Å². The van der Waals surface area contributed by atoms with Crippen molar-refractivity contribution in [1.29, 1.82) is 0 Å². The van der Waals surface area contributed by atoms with Gasteiger partial charge in [-0.15, -0.1) is 0 Å². The lowest BCUT2D eigenvalue weighted by atomic mass is 9.76. The molecule has 10 nitrogen and oxygen atoms in total. The van der Waals surface area contributed by atoms with E-state index in [0.29, 0.717) is 33.9 Å². The summed E-state index contributed by atoms with van der Waals surface area (Å²) in [5.41, 5.74) is 10.5. The number of fused-ring (bicyclic) bond motifs is 8. The maximum Gasteiger partial charge on any atom is 0.337 e. The number of rotatable bonds is 4. The Morgan fingerprint density at radius 2 is 1.78 bits per heavy atom. The average molecular weight is 668 g/mol. The van der Waals surface area contributed by atoms with E-state index in [9.17, 15) is 14.7 Å². The van der Waals surface area contributed by atoms with Crippen LogP contribution in [0.15, 0.2) is 48.5 Å². The molecule has 0 radical (unpaired) electrons. The van der Waals surface area contributed by atoms with Gasteiger partial charge in [0.1, 0.15) is 11.6 Å². The van der Waals surface area contributed by atoms with E-state index < -0.39 is 23.6 Å². The van der Waals surface area contributed by atoms with E-state index in [1.54, 1.807) is 16.6 Å². The molecule has 3 aliphatic rings. The Morgan fingerprint density at radius 3 is 2.47 bits per heavy atom. The molecule has 2 atom stereocenters. The Kier molecular flexibility index (Phi) is 9.46. The summed E-state index contributed by atoms with van der Waals surface area (Å²) in [4.78, 5) is 32.3. The first-order chi connectivity index (χ1) is 23.2. The smallest absolute Gasteiger partial charge is 0.337 e. The predicted molar refractivity (Wildman–Crippen MR) is 191 cm³/mol. The number of carboxylic acids is 1. The fourth-order valence-electron chi connectivity index (χ4n) is 7.26. The summed E-state index contributed by atoms with van der Waals surface area (Å²) in [7, 11) is 0. The molecule has 2 aromatic carbocycles. The molecular weight excluding hydrogens is 618 g/mol. The van der Waals surface area contributed by atoms with Crippen LogP contribution in [-0.2, 0) is 9.53 Å². The molecule has 0 aliphatic carbocycles. The Hall–Kier alpha value is -4.44. The van der Waals surface area contributed by atoms with E-state index in [2.05, 4.69) is 18.7 Å². The number of piperidine rings is 1. The molecule has 6 bridgehead atoms. The number of carbonyl (C=O) groups is 2. The van der Waals surface area contributed by atoms with Crippen LogP contribution >= 0.6 is 0 Å². The summed E-state index contributed by atoms with van der Waals surface area (Å²) in [6.07, 6.45) is 6.16. The highest BCUT2D eigenvalue weighted by Gasteiger charge is 2.37. The van der Waals surface area contributed by atoms with Crippen LogP contribution < -0.4 is 15.4 Å². The van der Waals surface area contributed by atoms with Crippen LogP contribution in [-0.4, -0.2) is 56.4 Å². The van der Waals surface area contributed by atoms with Crippen molar-refractivity contribution >= 4 is 23.3 Å². The number of primary amides is 1. The van der Waals surface area contributed by atoms with E-state index in [1.165, 1.54) is 0 Å². The topological polar surface area (TPSA) is 132 Å². The van der Waals surface area contributed by atoms with Crippen LogP contribution in [0.2, 0.25) is 0 Å². The molecule has 1 fully saturated rings. The lowest BCUT2D eigenvalue weighted by Gasteiger charge is -2.41. The van der Waals surface area contributed by atoms with Gasteiger partial charge in [-0.3, -0.25) is 4.79 Å². The lowest BCUT2D eigenvalue weighted by Crippen LogP contribution is -2.41. The predicted octanol–water partition coefficient (Wildman–Crippen LogP) is 7.75. The standard InChI is InChI=1S/C39H49N5O5/c1-24-11-8-7-9-16-39(6)17-19-43(20-18-39)36-33(34(37(46)47)49-38(3,4)5)25(2)41-32-23-30(42-44(32)36)27-13-10-12-26(21-27)29-22-28(35(40)45)14-15-31(29)48-24/h10,12-15,21-24,34H,7-9,11,16-20H2,1-6H3,(H2,40,45)(H,46,47)/t24-,34+/m1/s1. The number of aliphatic carboxylic acids is 1. The third kappa shape index (κ3) is 7.44. The number of hydrogen-bond acceptors (Lipinski definition) is 7. The number of carboxylic acid groups (broad SMARTS) is 1. The van der Waals surface area contributed by atoms with Crippen molar-refractivity contribution in [2.24, 2.45) is 11.1 Å². The molecule has 0 unspecified atom stereocenters. The molecule has 1 saturated heterocycles. The lowest BCUT2D eigenvalue weighted by molar-refractivity contribution is -0.160. The number of amides is 1. The van der Waals surface area contributed by atoms with Gasteiger partial charge in [-0.05, 0) is 102 Å². The summed E-state index contributed by atoms with van der Waals surface area (Å²) < 4.78 is 14.5. The normalized spacial score (nSPS) is 20.9. The van der Waals surface area contributed by atoms with Gasteiger partial charge in [-0.1, -0.05) is 38.0 Å². The van der Waals surface area contributed by atoms with E-state index >= 15 is 0 Å². The molecule has 0 saturated carbocycles. The van der Waals surface area contributed by atoms with Crippen molar-refractivity contribution in [3.05, 3.63) is 65.4 Å². The molecule has 260 valence electrons. The highest BCUT2D eigenvalue weighted by molar-refractivity contribution is 5.95. The second-order valence-electron chi connectivity index (χ2n) is 15.2. The minimum absolute atomic E-state index is 0.00282. The SMILES string of the molecule is Cc1nc2cc3nn2c(c1[C@H](OC(C)(C)C)C(=O)O)N1CCC(C)(CCCCC[C@@H](C)Oc2ccc(C(N)=O)cc2-c2cccc-3c2)CC1. The third-order valence-electron chi connectivity index (χ3n) is 9.98. The van der Waals surface area contributed by atoms with Crippen molar-refractivity contribution in [2.45, 2.75) is 104 Å². The minimum Gasteiger partial charge on any atom is -0.490 e. The zero-order chi connectivity index (χ0) is 35.1. The summed E-state index contributed by atoms with van der Waals surface area (Å²) >= 11 is 0. The number of benzene rings is 2. The van der Waals surface area contributed by atoms with Gasteiger partial charge in [-0.2, -0.15) is 9.61 Å². The second kappa shape index (κ2) is 13.5. The first-order valence-electron chi connectivity index (χ1n) is 17.5. The van der Waals surface area contributed by atoms with Gasteiger partial charge in [-0.25, -0.2) is 9.78 Å². The van der Waals surface area contributed by atoms with E-state index in [1.807, 2.05) is 64.1 Å². The number of ether oxygens (including phenoxy) is 2. The first-order valence-corrected chi connectivity index (χ1v) is 17.5. The van der Waals surface area contributed by atoms with E-state index in [-0.39, 0.29) is 11.5 Å². The Balaban J connectivity index is 1.54. The van der Waals surface area contributed by atoms with Gasteiger partial charge < -0.3 is 25.2 Å². The van der Waals surface area contributed by atoms with Crippen LogP contribution in [0.25, 0.3) is 28.0 Å². The number of anilines is 1. The number of aromatic nitrogens is 3. The van der Waals surface area contributed by atoms with Crippen molar-refractivity contribution < 1.29 is 24.2 Å². The number of carbonyl (C=O) groups excluding carboxylic acids is 1. The molecule has 7 rings (SSSR count). The first kappa shape index (κ1) is 34.4. The summed E-state index contributed by atoms with van der Waals surface area (Å²) in [5, 5.41) is 15.6. The Morgan fingerprint density at radius 1 is 1.04 bits per heavy atom. The molecule has 49 heavy (non-hydrogen) atoms. The monoisotopic (exact) mass is 667 g/mol. The van der Waals surface area contributed by atoms with Crippen LogP contribution in [0.3, 0.4) is 0 Å². The molecule has 1 amide bonds. The summed E-state index contributed by atoms with van der Waals surface area (Å²) in [6, 6.07) is 15.2. The summed E-state index contributed by atoms with van der Waals surface area (Å²) in [6.45, 7) is 13.5. The highest BCUT2D eigenvalue weighted by atomic mass is 16.5. The van der Waals surface area contributed by atoms with Gasteiger partial charge >= 0.3 is 5.97 Å². The highest BCUT2D eigenvalue weighted by Crippen LogP contribution is 2.42. The van der Waals surface area contributed by atoms with Crippen LogP contribution in [0.4, 0.5) is 5.82 Å². The molecule has 10 heteroatoms. The largest absolute Gasteiger partial charge is 0.490 e. The number of nitrogens with two attached hydrogens (primary N) is 1. The number of aryl methyl sites for hydroxylation is 1. The van der Waals surface area contributed by atoms with Gasteiger partial charge in [0.05, 0.1) is 23.0 Å². The zero-order valence-corrected chi connectivity index (χ0v) is 29.6. The maximum absolute atomic E-state index is 12.9. The average Bonchev–Trinajstić information content (AvgIpc) is 3.46. The van der Waals surface area contributed by atoms with Gasteiger partial charge in [0.25, 0.3) is 0 Å². The molecule has 0 spiro atoms. The molecule has 3 aliphatic heterocycles. The van der Waals surface area contributed by atoms with Gasteiger partial charge in [0, 0.05) is 41.5 Å². The van der Waals surface area contributed by atoms with Gasteiger partial charge in [0.2, 0.25) is 5.91 Å². The van der Waals surface area contributed by atoms with Crippen molar-refractivity contribution in [3.8, 4) is 28.1 Å². The molecule has 4 aromatic rings. The Bertz CT molecular complexity index is 1870. The minimum atomic E-state index is -1.22. The molecule has 2 aromatic heterocycles. The van der Waals surface area contributed by atoms with Crippen molar-refractivity contribution in [3.63, 3.8) is 0 Å². The fourth-order valence-corrected chi connectivity index (χ4v) is 7.26. The fraction of sp³-hybridized carbons (Fsp3) is 0.487. The number of hydrogen-bond donors (Lipinski definition) is 2. The second-order valence-corrected chi connectivity index (χ2v) is 15.2. The van der Waals surface area contributed by atoms with Crippen molar-refractivity contribution in [2.75, 3.05) is 18.0 Å². The van der Waals surface area contributed by atoms with E-state index in [0.717, 1.165) is 80.5 Å². The Labute approximate surface area is 288 Å². The van der Waals surface area contributed by atoms with E-state index in [4.69, 9.17) is 25.3 Å². The van der Waals surface area contributed by atoms with Crippen LogP contribution in [0.1, 0.15) is 107 Å². The third-order valence-corrected chi connectivity index (χ3v) is 9.98. The quantitative estimate of drug-likeness (QED) is 0.226. The zero-order valence-electron chi connectivity index (χ0n) is 29.6. The number of nitrogens with zero attached hydrogens (tertiary/aromatic N) is 4. The molecule has 5 heterocycles. The maximum atomic E-state index is 12.9.